The van der Waals surface area contributed by atoms with Gasteiger partial charge in [-0.1, -0.05) is 36.4 Å². The van der Waals surface area contributed by atoms with E-state index in [1.807, 2.05) is 42.5 Å². The molecule has 0 atom stereocenters. The first-order chi connectivity index (χ1) is 9.60. The van der Waals surface area contributed by atoms with E-state index in [1.165, 1.54) is 14.0 Å². The molecule has 0 fully saturated rings. The second-order valence-corrected chi connectivity index (χ2v) is 4.34. The van der Waals surface area contributed by atoms with Crippen LogP contribution < -0.4 is 5.32 Å². The number of carbonyl (C=O) groups is 2. The van der Waals surface area contributed by atoms with E-state index in [0.717, 1.165) is 16.3 Å². The molecule has 0 unspecified atom stereocenters. The molecular weight excluding hydrogens is 254 g/mol. The van der Waals surface area contributed by atoms with Gasteiger partial charge in [-0.2, -0.15) is 0 Å². The predicted octanol–water partition coefficient (Wildman–Crippen LogP) is 2.49. The predicted molar refractivity (Wildman–Crippen MR) is 77.8 cm³/mol. The van der Waals surface area contributed by atoms with Gasteiger partial charge in [0.1, 0.15) is 5.70 Å². The van der Waals surface area contributed by atoms with Crippen LogP contribution in [0.1, 0.15) is 12.5 Å². The molecule has 0 saturated heterocycles. The van der Waals surface area contributed by atoms with Gasteiger partial charge in [0.25, 0.3) is 0 Å². The molecule has 0 saturated carbocycles. The molecule has 0 aliphatic heterocycles. The highest BCUT2D eigenvalue weighted by atomic mass is 16.5. The number of hydrogen-bond donors (Lipinski definition) is 1. The van der Waals surface area contributed by atoms with Crippen LogP contribution >= 0.6 is 0 Å². The summed E-state index contributed by atoms with van der Waals surface area (Å²) >= 11 is 0. The minimum Gasteiger partial charge on any atom is -0.464 e. The lowest BCUT2D eigenvalue weighted by Crippen LogP contribution is -2.25. The lowest BCUT2D eigenvalue weighted by molar-refractivity contribution is -0.137. The second-order valence-electron chi connectivity index (χ2n) is 4.34. The maximum atomic E-state index is 11.6. The van der Waals surface area contributed by atoms with Gasteiger partial charge in [0, 0.05) is 6.92 Å². The third kappa shape index (κ3) is 3.23. The molecule has 20 heavy (non-hydrogen) atoms. The largest absolute Gasteiger partial charge is 0.464 e. The normalized spacial score (nSPS) is 11.2. The molecule has 0 bridgehead atoms. The number of fused-ring (bicyclic) bond motifs is 1. The molecular formula is C16H15NO3. The highest BCUT2D eigenvalue weighted by molar-refractivity contribution is 5.98. The number of carbonyl (C=O) groups excluding carboxylic acids is 2. The SMILES string of the molecule is COC(=O)C(=Cc1ccc2ccccc2c1)NC(C)=O. The molecule has 2 aromatic carbocycles. The van der Waals surface area contributed by atoms with Crippen LogP contribution in [0.2, 0.25) is 0 Å². The van der Waals surface area contributed by atoms with Crippen LogP contribution in [0.3, 0.4) is 0 Å². The van der Waals surface area contributed by atoms with Gasteiger partial charge in [-0.25, -0.2) is 4.79 Å². The Morgan fingerprint density at radius 3 is 2.45 bits per heavy atom. The molecule has 0 aromatic heterocycles. The van der Waals surface area contributed by atoms with E-state index in [4.69, 9.17) is 0 Å². The summed E-state index contributed by atoms with van der Waals surface area (Å²) in [6.45, 7) is 1.34. The Kier molecular flexibility index (Phi) is 4.15. The minimum atomic E-state index is -0.576. The van der Waals surface area contributed by atoms with Crippen LogP contribution in [0.15, 0.2) is 48.2 Å². The number of benzene rings is 2. The molecule has 4 heteroatoms. The number of ether oxygens (including phenoxy) is 1. The number of nitrogens with one attached hydrogen (secondary N) is 1. The minimum absolute atomic E-state index is 0.121. The summed E-state index contributed by atoms with van der Waals surface area (Å²) < 4.78 is 4.65. The molecule has 0 aliphatic rings. The van der Waals surface area contributed by atoms with Crippen LogP contribution in [0.4, 0.5) is 0 Å². The molecule has 0 spiro atoms. The summed E-state index contributed by atoms with van der Waals surface area (Å²) in [6, 6.07) is 13.7. The Labute approximate surface area is 117 Å². The summed E-state index contributed by atoms with van der Waals surface area (Å²) in [6.07, 6.45) is 1.60. The van der Waals surface area contributed by atoms with Crippen molar-refractivity contribution in [2.45, 2.75) is 6.92 Å². The number of methoxy groups -OCH3 is 1. The van der Waals surface area contributed by atoms with E-state index >= 15 is 0 Å². The molecule has 0 aliphatic carbocycles. The monoisotopic (exact) mass is 269 g/mol. The molecule has 4 nitrogen and oxygen atoms in total. The van der Waals surface area contributed by atoms with Crippen molar-refractivity contribution in [1.82, 2.24) is 5.32 Å². The van der Waals surface area contributed by atoms with Crippen LogP contribution in [0.25, 0.3) is 16.8 Å². The van der Waals surface area contributed by atoms with Gasteiger partial charge >= 0.3 is 5.97 Å². The van der Waals surface area contributed by atoms with Crippen molar-refractivity contribution in [3.63, 3.8) is 0 Å². The average molecular weight is 269 g/mol. The second kappa shape index (κ2) is 6.02. The van der Waals surface area contributed by atoms with E-state index in [-0.39, 0.29) is 11.6 Å². The van der Waals surface area contributed by atoms with E-state index in [9.17, 15) is 9.59 Å². The Hall–Kier alpha value is -2.62. The summed E-state index contributed by atoms with van der Waals surface area (Å²) in [5.74, 6) is -0.893. The fourth-order valence-corrected chi connectivity index (χ4v) is 1.91. The molecule has 2 rings (SSSR count). The highest BCUT2D eigenvalue weighted by Crippen LogP contribution is 2.17. The van der Waals surface area contributed by atoms with Crippen LogP contribution in [0, 0.1) is 0 Å². The van der Waals surface area contributed by atoms with Gasteiger partial charge in [0.15, 0.2) is 0 Å². The zero-order chi connectivity index (χ0) is 14.5. The number of hydrogen-bond acceptors (Lipinski definition) is 3. The van der Waals surface area contributed by atoms with Crippen molar-refractivity contribution < 1.29 is 14.3 Å². The Morgan fingerprint density at radius 2 is 1.80 bits per heavy atom. The molecule has 102 valence electrons. The summed E-state index contributed by atoms with van der Waals surface area (Å²) in [7, 11) is 1.28. The van der Waals surface area contributed by atoms with Gasteiger partial charge in [-0.05, 0) is 28.5 Å². The van der Waals surface area contributed by atoms with Crippen molar-refractivity contribution >= 4 is 28.7 Å². The van der Waals surface area contributed by atoms with Crippen LogP contribution in [-0.4, -0.2) is 19.0 Å². The summed E-state index contributed by atoms with van der Waals surface area (Å²) in [5.41, 5.74) is 0.938. The highest BCUT2D eigenvalue weighted by Gasteiger charge is 2.11. The van der Waals surface area contributed by atoms with Gasteiger partial charge in [0.2, 0.25) is 5.91 Å². The van der Waals surface area contributed by atoms with Crippen LogP contribution in [0.5, 0.6) is 0 Å². The Morgan fingerprint density at radius 1 is 1.10 bits per heavy atom. The topological polar surface area (TPSA) is 55.4 Å². The number of rotatable bonds is 3. The van der Waals surface area contributed by atoms with Gasteiger partial charge < -0.3 is 10.1 Å². The number of esters is 1. The zero-order valence-electron chi connectivity index (χ0n) is 11.3. The fourth-order valence-electron chi connectivity index (χ4n) is 1.91. The van der Waals surface area contributed by atoms with Crippen LogP contribution in [-0.2, 0) is 14.3 Å². The lowest BCUT2D eigenvalue weighted by atomic mass is 10.1. The maximum absolute atomic E-state index is 11.6. The average Bonchev–Trinajstić information content (AvgIpc) is 2.45. The van der Waals surface area contributed by atoms with Gasteiger partial charge in [-0.3, -0.25) is 4.79 Å². The van der Waals surface area contributed by atoms with Gasteiger partial charge in [0.05, 0.1) is 7.11 Å². The third-order valence-corrected chi connectivity index (χ3v) is 2.80. The maximum Gasteiger partial charge on any atom is 0.354 e. The third-order valence-electron chi connectivity index (χ3n) is 2.80. The van der Waals surface area contributed by atoms with E-state index < -0.39 is 5.97 Å². The van der Waals surface area contributed by atoms with E-state index in [0.29, 0.717) is 0 Å². The van der Waals surface area contributed by atoms with Crippen molar-refractivity contribution in [1.29, 1.82) is 0 Å². The summed E-state index contributed by atoms with van der Waals surface area (Å²) in [5, 5.41) is 4.65. The molecule has 0 heterocycles. The molecule has 0 radical (unpaired) electrons. The van der Waals surface area contributed by atoms with Crippen molar-refractivity contribution in [3.05, 3.63) is 53.7 Å². The Balaban J connectivity index is 2.41. The molecule has 1 N–H and O–H groups in total. The zero-order valence-corrected chi connectivity index (χ0v) is 11.3. The smallest absolute Gasteiger partial charge is 0.354 e. The number of amides is 1. The first kappa shape index (κ1) is 13.8. The fraction of sp³-hybridized carbons (Fsp3) is 0.125. The first-order valence-electron chi connectivity index (χ1n) is 6.16. The molecule has 1 amide bonds. The lowest BCUT2D eigenvalue weighted by Gasteiger charge is -2.06. The van der Waals surface area contributed by atoms with Crippen molar-refractivity contribution in [2.75, 3.05) is 7.11 Å². The van der Waals surface area contributed by atoms with Crippen molar-refractivity contribution in [3.8, 4) is 0 Å². The van der Waals surface area contributed by atoms with E-state index in [1.54, 1.807) is 6.08 Å². The van der Waals surface area contributed by atoms with E-state index in [2.05, 4.69) is 10.1 Å². The molecule has 2 aromatic rings. The van der Waals surface area contributed by atoms with Gasteiger partial charge in [-0.15, -0.1) is 0 Å². The first-order valence-corrected chi connectivity index (χ1v) is 6.16. The standard InChI is InChI=1S/C16H15NO3/c1-11(18)17-15(16(19)20-2)10-12-7-8-13-5-3-4-6-14(13)9-12/h3-10H,1-2H3,(H,17,18). The van der Waals surface area contributed by atoms with Crippen molar-refractivity contribution in [2.24, 2.45) is 0 Å². The Bertz CT molecular complexity index is 689. The quantitative estimate of drug-likeness (QED) is 0.688. The summed E-state index contributed by atoms with van der Waals surface area (Å²) in [4.78, 5) is 22.7.